The van der Waals surface area contributed by atoms with Gasteiger partial charge in [-0.1, -0.05) is 20.1 Å². The molecule has 0 aromatic rings. The molecule has 106 valence electrons. The number of aliphatic hydroxyl groups is 2. The van der Waals surface area contributed by atoms with Crippen LogP contribution in [0.25, 0.3) is 0 Å². The molecule has 0 unspecified atom stereocenters. The summed E-state index contributed by atoms with van der Waals surface area (Å²) >= 11 is 0. The van der Waals surface area contributed by atoms with Crippen molar-refractivity contribution in [2.45, 2.75) is 50.7 Å². The third kappa shape index (κ3) is 2.03. The first kappa shape index (κ1) is 14.3. The van der Waals surface area contributed by atoms with Crippen LogP contribution in [0.2, 0.25) is 0 Å². The summed E-state index contributed by atoms with van der Waals surface area (Å²) in [5.74, 6) is -1.27. The highest BCUT2D eigenvalue weighted by Crippen LogP contribution is 2.56. The fourth-order valence-electron chi connectivity index (χ4n) is 3.63. The number of rotatable bonds is 2. The molecule has 0 aromatic heterocycles. The van der Waals surface area contributed by atoms with Gasteiger partial charge in [0, 0.05) is 11.0 Å². The van der Waals surface area contributed by atoms with Crippen molar-refractivity contribution in [1.29, 1.82) is 0 Å². The third-order valence-corrected chi connectivity index (χ3v) is 5.26. The van der Waals surface area contributed by atoms with Crippen molar-refractivity contribution in [3.63, 3.8) is 0 Å². The van der Waals surface area contributed by atoms with E-state index in [0.29, 0.717) is 24.8 Å². The Bertz CT molecular complexity index is 441. The predicted molar refractivity (Wildman–Crippen MR) is 71.6 cm³/mol. The monoisotopic (exact) mass is 266 g/mol. The van der Waals surface area contributed by atoms with E-state index in [1.54, 1.807) is 0 Å². The molecule has 4 nitrogen and oxygen atoms in total. The molecule has 2 rings (SSSR count). The van der Waals surface area contributed by atoms with Crippen molar-refractivity contribution >= 4 is 5.97 Å². The maximum Gasteiger partial charge on any atom is 0.331 e. The van der Waals surface area contributed by atoms with Gasteiger partial charge in [-0.3, -0.25) is 0 Å². The highest BCUT2D eigenvalue weighted by Gasteiger charge is 2.56. The van der Waals surface area contributed by atoms with Gasteiger partial charge in [-0.25, -0.2) is 4.79 Å². The van der Waals surface area contributed by atoms with E-state index in [9.17, 15) is 15.0 Å². The second-order valence-electron chi connectivity index (χ2n) is 6.27. The lowest BCUT2D eigenvalue weighted by molar-refractivity contribution is -0.138. The van der Waals surface area contributed by atoms with Gasteiger partial charge in [0.1, 0.15) is 0 Å². The zero-order chi connectivity index (χ0) is 14.4. The van der Waals surface area contributed by atoms with Gasteiger partial charge in [-0.2, -0.15) is 0 Å². The molecule has 0 heterocycles. The van der Waals surface area contributed by atoms with E-state index >= 15 is 0 Å². The number of carbonyl (C=O) groups is 1. The second-order valence-corrected chi connectivity index (χ2v) is 6.27. The molecule has 0 aromatic carbocycles. The summed E-state index contributed by atoms with van der Waals surface area (Å²) in [4.78, 5) is 11.0. The van der Waals surface area contributed by atoms with Crippen LogP contribution < -0.4 is 0 Å². The molecule has 0 radical (unpaired) electrons. The summed E-state index contributed by atoms with van der Waals surface area (Å²) < 4.78 is 0. The highest BCUT2D eigenvalue weighted by molar-refractivity contribution is 5.86. The summed E-state index contributed by atoms with van der Waals surface area (Å²) in [5, 5.41) is 30.0. The van der Waals surface area contributed by atoms with Crippen LogP contribution in [-0.4, -0.2) is 33.0 Å². The number of aliphatic hydroxyl groups excluding tert-OH is 1. The molecule has 2 aliphatic carbocycles. The first-order chi connectivity index (χ1) is 8.71. The van der Waals surface area contributed by atoms with Crippen molar-refractivity contribution in [3.8, 4) is 0 Å². The van der Waals surface area contributed by atoms with Crippen LogP contribution in [0.1, 0.15) is 39.0 Å². The smallest absolute Gasteiger partial charge is 0.331 e. The molecule has 0 amide bonds. The first-order valence-corrected chi connectivity index (χ1v) is 6.73. The van der Waals surface area contributed by atoms with E-state index in [1.165, 1.54) is 0 Å². The topological polar surface area (TPSA) is 77.8 Å². The summed E-state index contributed by atoms with van der Waals surface area (Å²) in [7, 11) is 0. The molecular formula is C15H22O4. The number of hydrogen-bond acceptors (Lipinski definition) is 3. The van der Waals surface area contributed by atoms with Crippen LogP contribution in [0, 0.1) is 11.3 Å². The summed E-state index contributed by atoms with van der Waals surface area (Å²) in [6.45, 7) is 9.47. The fraction of sp³-hybridized carbons (Fsp3) is 0.667. The summed E-state index contributed by atoms with van der Waals surface area (Å²) in [6, 6.07) is 0. The van der Waals surface area contributed by atoms with Crippen LogP contribution in [0.3, 0.4) is 0 Å². The molecule has 2 aliphatic rings. The molecular weight excluding hydrogens is 244 g/mol. The SMILES string of the molecule is C=C(C(=O)O)[C@@H]1CC[C@@]2(C)CC[C@@H](O)C(=C)[C@]2(O)C1. The standard InChI is InChI=1S/C15H22O4/c1-9(13(17)18)11-4-6-14(3)7-5-12(16)10(2)15(14,19)8-11/h11-12,16,19H,1-2,4-8H2,3H3,(H,17,18)/t11-,12-,14+,15-/m1/s1. The largest absolute Gasteiger partial charge is 0.478 e. The zero-order valence-electron chi connectivity index (χ0n) is 11.4. The Hall–Kier alpha value is -1.13. The quantitative estimate of drug-likeness (QED) is 0.527. The molecule has 2 fully saturated rings. The molecule has 0 aliphatic heterocycles. The molecule has 0 saturated heterocycles. The number of carboxylic acid groups (broad SMARTS) is 1. The fourth-order valence-corrected chi connectivity index (χ4v) is 3.63. The third-order valence-electron chi connectivity index (χ3n) is 5.26. The van der Waals surface area contributed by atoms with Crippen LogP contribution in [0.15, 0.2) is 24.3 Å². The zero-order valence-corrected chi connectivity index (χ0v) is 11.4. The van der Waals surface area contributed by atoms with E-state index in [2.05, 4.69) is 13.2 Å². The van der Waals surface area contributed by atoms with Gasteiger partial charge in [-0.15, -0.1) is 0 Å². The summed E-state index contributed by atoms with van der Waals surface area (Å²) in [6.07, 6.45) is 2.39. The normalized spacial score (nSPS) is 42.6. The molecule has 19 heavy (non-hydrogen) atoms. The Labute approximate surface area is 113 Å². The minimum absolute atomic E-state index is 0.142. The van der Waals surface area contributed by atoms with Gasteiger partial charge < -0.3 is 15.3 Å². The van der Waals surface area contributed by atoms with E-state index in [4.69, 9.17) is 5.11 Å². The van der Waals surface area contributed by atoms with Gasteiger partial charge in [0.2, 0.25) is 0 Å². The van der Waals surface area contributed by atoms with Gasteiger partial charge in [0.15, 0.2) is 0 Å². The Balaban J connectivity index is 2.30. The predicted octanol–water partition coefficient (Wildman–Crippen LogP) is 1.88. The summed E-state index contributed by atoms with van der Waals surface area (Å²) in [5.41, 5.74) is -0.933. The highest BCUT2D eigenvalue weighted by atomic mass is 16.4. The van der Waals surface area contributed by atoms with E-state index in [0.717, 1.165) is 12.8 Å². The minimum atomic E-state index is -1.19. The Morgan fingerprint density at radius 1 is 1.37 bits per heavy atom. The molecule has 4 atom stereocenters. The lowest BCUT2D eigenvalue weighted by Crippen LogP contribution is -2.57. The van der Waals surface area contributed by atoms with Crippen LogP contribution in [-0.2, 0) is 4.79 Å². The Kier molecular flexibility index (Phi) is 3.35. The molecule has 2 saturated carbocycles. The Morgan fingerprint density at radius 2 is 1.95 bits per heavy atom. The van der Waals surface area contributed by atoms with E-state index in [1.807, 2.05) is 6.92 Å². The maximum atomic E-state index is 11.0. The van der Waals surface area contributed by atoms with Crippen molar-refractivity contribution in [1.82, 2.24) is 0 Å². The van der Waals surface area contributed by atoms with Crippen molar-refractivity contribution in [3.05, 3.63) is 24.3 Å². The number of carboxylic acids is 1. The van der Waals surface area contributed by atoms with Crippen LogP contribution in [0.5, 0.6) is 0 Å². The molecule has 4 heteroatoms. The first-order valence-electron chi connectivity index (χ1n) is 6.73. The number of aliphatic carboxylic acids is 1. The van der Waals surface area contributed by atoms with Gasteiger partial charge in [0.05, 0.1) is 11.7 Å². The van der Waals surface area contributed by atoms with Crippen LogP contribution >= 0.6 is 0 Å². The lowest BCUT2D eigenvalue weighted by Gasteiger charge is -2.56. The van der Waals surface area contributed by atoms with Crippen LogP contribution in [0.4, 0.5) is 0 Å². The minimum Gasteiger partial charge on any atom is -0.478 e. The van der Waals surface area contributed by atoms with Gasteiger partial charge >= 0.3 is 5.97 Å². The van der Waals surface area contributed by atoms with E-state index < -0.39 is 17.7 Å². The van der Waals surface area contributed by atoms with Gasteiger partial charge in [-0.05, 0) is 43.6 Å². The van der Waals surface area contributed by atoms with Crippen molar-refractivity contribution < 1.29 is 20.1 Å². The second kappa shape index (κ2) is 4.46. The van der Waals surface area contributed by atoms with Crippen molar-refractivity contribution in [2.75, 3.05) is 0 Å². The van der Waals surface area contributed by atoms with Crippen molar-refractivity contribution in [2.24, 2.45) is 11.3 Å². The lowest BCUT2D eigenvalue weighted by atomic mass is 9.53. The average molecular weight is 266 g/mol. The molecule has 3 N–H and O–H groups in total. The molecule has 0 bridgehead atoms. The Morgan fingerprint density at radius 3 is 2.53 bits per heavy atom. The van der Waals surface area contributed by atoms with E-state index in [-0.39, 0.29) is 16.9 Å². The number of hydrogen-bond donors (Lipinski definition) is 3. The molecule has 0 spiro atoms. The van der Waals surface area contributed by atoms with Gasteiger partial charge in [0.25, 0.3) is 0 Å². The number of fused-ring (bicyclic) bond motifs is 1. The maximum absolute atomic E-state index is 11.0. The average Bonchev–Trinajstić information content (AvgIpc) is 2.36.